The van der Waals surface area contributed by atoms with Gasteiger partial charge < -0.3 is 25.0 Å². The van der Waals surface area contributed by atoms with E-state index in [2.05, 4.69) is 10.1 Å². The van der Waals surface area contributed by atoms with Crippen LogP contribution in [0.25, 0.3) is 0 Å². The molecular weight excluding hydrogens is 278 g/mol. The fraction of sp³-hybridized carbons (Fsp3) is 0.286. The number of esters is 1. The highest BCUT2D eigenvalue weighted by molar-refractivity contribution is 6.05. The van der Waals surface area contributed by atoms with E-state index in [0.29, 0.717) is 11.4 Å². The molecule has 0 aromatic heterocycles. The number of allylic oxidation sites excluding steroid dienone is 1. The number of anilines is 1. The average Bonchev–Trinajstić information content (AvgIpc) is 2.71. The van der Waals surface area contributed by atoms with Crippen LogP contribution in [0.5, 0.6) is 5.75 Å². The number of benzene rings is 1. The molecule has 1 aromatic carbocycles. The molecule has 0 spiro atoms. The summed E-state index contributed by atoms with van der Waals surface area (Å²) in [6.45, 7) is 0. The molecular formula is C14H15NO6. The summed E-state index contributed by atoms with van der Waals surface area (Å²) in [4.78, 5) is 23.3. The van der Waals surface area contributed by atoms with Crippen molar-refractivity contribution in [3.8, 4) is 5.75 Å². The number of hydrogen-bond donors (Lipinski definition) is 3. The van der Waals surface area contributed by atoms with Crippen molar-refractivity contribution >= 4 is 17.4 Å². The van der Waals surface area contributed by atoms with Gasteiger partial charge in [0.1, 0.15) is 11.4 Å². The van der Waals surface area contributed by atoms with Gasteiger partial charge in [-0.05, 0) is 24.3 Å². The van der Waals surface area contributed by atoms with Crippen LogP contribution in [0.3, 0.4) is 0 Å². The summed E-state index contributed by atoms with van der Waals surface area (Å²) in [6.07, 6.45) is -0.565. The van der Waals surface area contributed by atoms with Crippen LogP contribution in [-0.2, 0) is 14.3 Å². The van der Waals surface area contributed by atoms with Crippen LogP contribution < -0.4 is 10.1 Å². The Kier molecular flexibility index (Phi) is 3.86. The smallest absolute Gasteiger partial charge is 0.344 e. The fourth-order valence-corrected chi connectivity index (χ4v) is 2.06. The molecule has 0 radical (unpaired) electrons. The Labute approximate surface area is 120 Å². The second-order valence-electron chi connectivity index (χ2n) is 4.53. The maximum absolute atomic E-state index is 11.7. The Morgan fingerprint density at radius 1 is 1.29 bits per heavy atom. The standard InChI is InChI=1S/C14H15NO6/c1-20-9-5-3-8(4-6-9)15-12-11(17)10(16)7-14(12,19)13(18)21-2/h3-6,15,17,19H,7H2,1-2H3. The zero-order valence-corrected chi connectivity index (χ0v) is 11.5. The summed E-state index contributed by atoms with van der Waals surface area (Å²) >= 11 is 0. The second kappa shape index (κ2) is 5.45. The van der Waals surface area contributed by atoms with Gasteiger partial charge in [0.15, 0.2) is 5.76 Å². The number of Topliss-reactive ketones (excluding diaryl/α,β-unsaturated/α-hetero) is 1. The molecule has 1 aliphatic carbocycles. The van der Waals surface area contributed by atoms with Crippen molar-refractivity contribution in [2.24, 2.45) is 0 Å². The number of methoxy groups -OCH3 is 2. The number of nitrogens with one attached hydrogen (secondary N) is 1. The minimum Gasteiger partial charge on any atom is -0.503 e. The van der Waals surface area contributed by atoms with Gasteiger partial charge in [-0.1, -0.05) is 0 Å². The van der Waals surface area contributed by atoms with E-state index in [9.17, 15) is 19.8 Å². The van der Waals surface area contributed by atoms with Crippen molar-refractivity contribution in [2.75, 3.05) is 19.5 Å². The maximum atomic E-state index is 11.7. The molecule has 0 amide bonds. The van der Waals surface area contributed by atoms with Gasteiger partial charge in [-0.2, -0.15) is 0 Å². The van der Waals surface area contributed by atoms with Gasteiger partial charge in [0.2, 0.25) is 11.4 Å². The maximum Gasteiger partial charge on any atom is 0.344 e. The lowest BCUT2D eigenvalue weighted by Gasteiger charge is -2.23. The van der Waals surface area contributed by atoms with Crippen LogP contribution in [0.15, 0.2) is 35.7 Å². The van der Waals surface area contributed by atoms with Crippen molar-refractivity contribution in [1.29, 1.82) is 0 Å². The topological polar surface area (TPSA) is 105 Å². The SMILES string of the molecule is COC(=O)C1(O)CC(=O)C(O)=C1Nc1ccc(OC)cc1. The van der Waals surface area contributed by atoms with E-state index in [1.54, 1.807) is 24.3 Å². The van der Waals surface area contributed by atoms with E-state index in [-0.39, 0.29) is 5.70 Å². The van der Waals surface area contributed by atoms with Crippen molar-refractivity contribution in [2.45, 2.75) is 12.0 Å². The number of rotatable bonds is 4. The van der Waals surface area contributed by atoms with Gasteiger partial charge >= 0.3 is 5.97 Å². The number of aliphatic hydroxyl groups is 2. The number of hydrogen-bond acceptors (Lipinski definition) is 7. The molecule has 1 unspecified atom stereocenters. The molecule has 0 aliphatic heterocycles. The summed E-state index contributed by atoms with van der Waals surface area (Å²) in [5.41, 5.74) is -2.03. The Balaban J connectivity index is 2.34. The van der Waals surface area contributed by atoms with Crippen molar-refractivity contribution in [3.05, 3.63) is 35.7 Å². The molecule has 0 saturated carbocycles. The number of aliphatic hydroxyl groups excluding tert-OH is 1. The van der Waals surface area contributed by atoms with E-state index in [1.165, 1.54) is 7.11 Å². The Bertz CT molecular complexity index is 606. The van der Waals surface area contributed by atoms with E-state index in [1.807, 2.05) is 0 Å². The Morgan fingerprint density at radius 3 is 2.43 bits per heavy atom. The second-order valence-corrected chi connectivity index (χ2v) is 4.53. The number of carbonyl (C=O) groups excluding carboxylic acids is 2. The average molecular weight is 293 g/mol. The summed E-state index contributed by atoms with van der Waals surface area (Å²) in [5.74, 6) is -1.82. The van der Waals surface area contributed by atoms with Crippen LogP contribution in [0.1, 0.15) is 6.42 Å². The predicted molar refractivity (Wildman–Crippen MR) is 72.9 cm³/mol. The van der Waals surface area contributed by atoms with Gasteiger partial charge in [-0.25, -0.2) is 4.79 Å². The first-order valence-corrected chi connectivity index (χ1v) is 6.11. The molecule has 0 heterocycles. The van der Waals surface area contributed by atoms with E-state index in [4.69, 9.17) is 4.74 Å². The molecule has 21 heavy (non-hydrogen) atoms. The first-order chi connectivity index (χ1) is 9.92. The third-order valence-electron chi connectivity index (χ3n) is 3.21. The summed E-state index contributed by atoms with van der Waals surface area (Å²) < 4.78 is 9.50. The number of ether oxygens (including phenoxy) is 2. The van der Waals surface area contributed by atoms with Crippen molar-refractivity contribution < 1.29 is 29.3 Å². The highest BCUT2D eigenvalue weighted by Crippen LogP contribution is 2.34. The van der Waals surface area contributed by atoms with Gasteiger partial charge in [-0.15, -0.1) is 0 Å². The normalized spacial score (nSPS) is 21.4. The number of carbonyl (C=O) groups is 2. The molecule has 1 aliphatic rings. The lowest BCUT2D eigenvalue weighted by atomic mass is 10.0. The largest absolute Gasteiger partial charge is 0.503 e. The highest BCUT2D eigenvalue weighted by atomic mass is 16.5. The zero-order valence-electron chi connectivity index (χ0n) is 11.5. The molecule has 2 rings (SSSR count). The zero-order chi connectivity index (χ0) is 15.6. The molecule has 0 saturated heterocycles. The van der Waals surface area contributed by atoms with Crippen LogP contribution in [0.4, 0.5) is 5.69 Å². The Morgan fingerprint density at radius 2 is 1.90 bits per heavy atom. The molecule has 1 atom stereocenters. The van der Waals surface area contributed by atoms with Crippen molar-refractivity contribution in [1.82, 2.24) is 0 Å². The molecule has 0 fully saturated rings. The van der Waals surface area contributed by atoms with Crippen molar-refractivity contribution in [3.63, 3.8) is 0 Å². The Hall–Kier alpha value is -2.54. The molecule has 112 valence electrons. The van der Waals surface area contributed by atoms with Gasteiger partial charge in [-0.3, -0.25) is 4.79 Å². The van der Waals surface area contributed by atoms with Gasteiger partial charge in [0, 0.05) is 5.69 Å². The quantitative estimate of drug-likeness (QED) is 0.703. The summed E-state index contributed by atoms with van der Waals surface area (Å²) in [5, 5.41) is 22.8. The third kappa shape index (κ3) is 2.55. The molecule has 7 nitrogen and oxygen atoms in total. The van der Waals surface area contributed by atoms with Crippen LogP contribution in [0.2, 0.25) is 0 Å². The third-order valence-corrected chi connectivity index (χ3v) is 3.21. The highest BCUT2D eigenvalue weighted by Gasteiger charge is 2.52. The lowest BCUT2D eigenvalue weighted by molar-refractivity contribution is -0.159. The molecule has 0 bridgehead atoms. The first-order valence-electron chi connectivity index (χ1n) is 6.11. The predicted octanol–water partition coefficient (Wildman–Crippen LogP) is 0.754. The van der Waals surface area contributed by atoms with E-state index in [0.717, 1.165) is 7.11 Å². The lowest BCUT2D eigenvalue weighted by Crippen LogP contribution is -2.42. The summed E-state index contributed by atoms with van der Waals surface area (Å²) in [7, 11) is 2.60. The van der Waals surface area contributed by atoms with Crippen LogP contribution in [0, 0.1) is 0 Å². The van der Waals surface area contributed by atoms with E-state index < -0.39 is 29.5 Å². The minimum absolute atomic E-state index is 0.287. The minimum atomic E-state index is -2.21. The molecule has 7 heteroatoms. The molecule has 3 N–H and O–H groups in total. The van der Waals surface area contributed by atoms with E-state index >= 15 is 0 Å². The van der Waals surface area contributed by atoms with Crippen LogP contribution in [-0.4, -0.2) is 41.8 Å². The van der Waals surface area contributed by atoms with Crippen LogP contribution >= 0.6 is 0 Å². The van der Waals surface area contributed by atoms with Gasteiger partial charge in [0.05, 0.1) is 20.6 Å². The number of ketones is 1. The summed E-state index contributed by atoms with van der Waals surface area (Å²) in [6, 6.07) is 6.51. The van der Waals surface area contributed by atoms with Gasteiger partial charge in [0.25, 0.3) is 0 Å². The monoisotopic (exact) mass is 293 g/mol. The first kappa shape index (κ1) is 14.9. The molecule has 1 aromatic rings. The fourth-order valence-electron chi connectivity index (χ4n) is 2.06.